The number of unbranched alkanes of at least 4 members (excludes halogenated alkanes) is 1. The zero-order valence-corrected chi connectivity index (χ0v) is 9.18. The maximum absolute atomic E-state index is 8.56. The van der Waals surface area contributed by atoms with Crippen molar-refractivity contribution in [1.82, 2.24) is 0 Å². The molecule has 1 aromatic rings. The molecule has 0 atom stereocenters. The lowest BCUT2D eigenvalue weighted by Gasteiger charge is -2.07. The molecular weight excluding hydrogens is 223 g/mol. The lowest BCUT2D eigenvalue weighted by Crippen LogP contribution is -1.98. The summed E-state index contributed by atoms with van der Waals surface area (Å²) in [5.41, 5.74) is 0. The molecule has 4 heteroatoms. The fourth-order valence-corrected chi connectivity index (χ4v) is 1.45. The highest BCUT2D eigenvalue weighted by atomic mass is 35.5. The number of hydrogen-bond acceptors (Lipinski definition) is 2. The third-order valence-electron chi connectivity index (χ3n) is 1.70. The van der Waals surface area contributed by atoms with Crippen molar-refractivity contribution in [3.63, 3.8) is 0 Å². The molecule has 0 bridgehead atoms. The molecular formula is C10H12Cl2O2. The Balaban J connectivity index is 2.42. The maximum Gasteiger partial charge on any atom is 0.137 e. The van der Waals surface area contributed by atoms with Crippen LogP contribution in [0.2, 0.25) is 10.0 Å². The van der Waals surface area contributed by atoms with E-state index in [0.717, 1.165) is 12.8 Å². The van der Waals surface area contributed by atoms with Crippen LogP contribution >= 0.6 is 23.2 Å². The van der Waals surface area contributed by atoms with Crippen LogP contribution in [-0.2, 0) is 0 Å². The van der Waals surface area contributed by atoms with Crippen LogP contribution in [0.15, 0.2) is 18.2 Å². The third-order valence-corrected chi connectivity index (χ3v) is 2.23. The van der Waals surface area contributed by atoms with Crippen molar-refractivity contribution in [2.45, 2.75) is 12.8 Å². The molecule has 0 amide bonds. The van der Waals surface area contributed by atoms with Gasteiger partial charge in [-0.2, -0.15) is 0 Å². The summed E-state index contributed by atoms with van der Waals surface area (Å²) < 4.78 is 5.39. The Bertz CT molecular complexity index is 289. The number of rotatable bonds is 5. The summed E-state index contributed by atoms with van der Waals surface area (Å²) in [6.45, 7) is 0.750. The van der Waals surface area contributed by atoms with E-state index in [2.05, 4.69) is 0 Å². The molecule has 78 valence electrons. The van der Waals surface area contributed by atoms with Gasteiger partial charge in [-0.05, 0) is 31.0 Å². The quantitative estimate of drug-likeness (QED) is 0.794. The van der Waals surface area contributed by atoms with E-state index >= 15 is 0 Å². The van der Waals surface area contributed by atoms with Crippen LogP contribution in [0, 0.1) is 0 Å². The molecule has 1 aromatic carbocycles. The SMILES string of the molecule is OCCCCOc1ccc(Cl)cc1Cl. The molecule has 2 nitrogen and oxygen atoms in total. The predicted octanol–water partition coefficient (Wildman–Crippen LogP) is 3.14. The molecule has 1 rings (SSSR count). The van der Waals surface area contributed by atoms with Crippen molar-refractivity contribution in [3.05, 3.63) is 28.2 Å². The van der Waals surface area contributed by atoms with Gasteiger partial charge >= 0.3 is 0 Å². The number of hydrogen-bond donors (Lipinski definition) is 1. The molecule has 14 heavy (non-hydrogen) atoms. The first-order valence-electron chi connectivity index (χ1n) is 4.43. The van der Waals surface area contributed by atoms with E-state index in [0.29, 0.717) is 22.4 Å². The summed E-state index contributed by atoms with van der Waals surface area (Å²) in [5.74, 6) is 0.633. The predicted molar refractivity (Wildman–Crippen MR) is 58.3 cm³/mol. The summed E-state index contributed by atoms with van der Waals surface area (Å²) in [4.78, 5) is 0. The number of halogens is 2. The van der Waals surface area contributed by atoms with E-state index in [1.165, 1.54) is 0 Å². The lowest BCUT2D eigenvalue weighted by molar-refractivity contribution is 0.253. The van der Waals surface area contributed by atoms with Crippen LogP contribution < -0.4 is 4.74 Å². The van der Waals surface area contributed by atoms with Gasteiger partial charge in [0.2, 0.25) is 0 Å². The Labute approximate surface area is 93.4 Å². The number of ether oxygens (including phenoxy) is 1. The van der Waals surface area contributed by atoms with Crippen LogP contribution in [0.1, 0.15) is 12.8 Å². The molecule has 0 unspecified atom stereocenters. The summed E-state index contributed by atoms with van der Waals surface area (Å²) in [7, 11) is 0. The van der Waals surface area contributed by atoms with Crippen molar-refractivity contribution < 1.29 is 9.84 Å². The third kappa shape index (κ3) is 3.74. The van der Waals surface area contributed by atoms with E-state index in [1.54, 1.807) is 18.2 Å². The highest BCUT2D eigenvalue weighted by Crippen LogP contribution is 2.27. The lowest BCUT2D eigenvalue weighted by atomic mass is 10.3. The summed E-state index contributed by atoms with van der Waals surface area (Å²) >= 11 is 11.6. The van der Waals surface area contributed by atoms with Gasteiger partial charge in [-0.3, -0.25) is 0 Å². The standard InChI is InChI=1S/C10H12Cl2O2/c11-8-3-4-10(9(12)7-8)14-6-2-1-5-13/h3-4,7,13H,1-2,5-6H2. The topological polar surface area (TPSA) is 29.5 Å². The van der Waals surface area contributed by atoms with Gasteiger partial charge in [0, 0.05) is 11.6 Å². The summed E-state index contributed by atoms with van der Waals surface area (Å²) in [6, 6.07) is 5.11. The molecule has 0 heterocycles. The smallest absolute Gasteiger partial charge is 0.137 e. The Morgan fingerprint density at radius 2 is 2.00 bits per heavy atom. The minimum absolute atomic E-state index is 0.192. The normalized spacial score (nSPS) is 10.2. The van der Waals surface area contributed by atoms with Crippen molar-refractivity contribution in [3.8, 4) is 5.75 Å². The Hall–Kier alpha value is -0.440. The summed E-state index contributed by atoms with van der Waals surface area (Å²) in [5, 5.41) is 9.67. The minimum Gasteiger partial charge on any atom is -0.492 e. The first-order chi connectivity index (χ1) is 6.74. The second-order valence-electron chi connectivity index (χ2n) is 2.85. The van der Waals surface area contributed by atoms with E-state index < -0.39 is 0 Å². The largest absolute Gasteiger partial charge is 0.492 e. The van der Waals surface area contributed by atoms with Crippen molar-refractivity contribution in [2.24, 2.45) is 0 Å². The van der Waals surface area contributed by atoms with Crippen LogP contribution in [0.4, 0.5) is 0 Å². The van der Waals surface area contributed by atoms with Gasteiger partial charge < -0.3 is 9.84 Å². The first-order valence-corrected chi connectivity index (χ1v) is 5.18. The number of aliphatic hydroxyl groups excluding tert-OH is 1. The number of aliphatic hydroxyl groups is 1. The number of benzene rings is 1. The van der Waals surface area contributed by atoms with Gasteiger partial charge in [-0.25, -0.2) is 0 Å². The van der Waals surface area contributed by atoms with Gasteiger partial charge in [0.05, 0.1) is 11.6 Å². The summed E-state index contributed by atoms with van der Waals surface area (Å²) in [6.07, 6.45) is 1.56. The Kier molecular flexibility index (Phi) is 5.09. The first kappa shape index (κ1) is 11.6. The van der Waals surface area contributed by atoms with Gasteiger partial charge in [-0.15, -0.1) is 0 Å². The molecule has 0 radical (unpaired) electrons. The van der Waals surface area contributed by atoms with Gasteiger partial charge in [0.25, 0.3) is 0 Å². The van der Waals surface area contributed by atoms with Gasteiger partial charge in [-0.1, -0.05) is 23.2 Å². The molecule has 0 spiro atoms. The Morgan fingerprint density at radius 1 is 1.21 bits per heavy atom. The van der Waals surface area contributed by atoms with E-state index in [9.17, 15) is 0 Å². The molecule has 1 N–H and O–H groups in total. The maximum atomic E-state index is 8.56. The molecule has 0 aliphatic carbocycles. The fraction of sp³-hybridized carbons (Fsp3) is 0.400. The highest BCUT2D eigenvalue weighted by molar-refractivity contribution is 6.35. The Morgan fingerprint density at radius 3 is 2.64 bits per heavy atom. The zero-order chi connectivity index (χ0) is 10.4. The molecule has 0 saturated heterocycles. The van der Waals surface area contributed by atoms with Crippen molar-refractivity contribution >= 4 is 23.2 Å². The average Bonchev–Trinajstić information content (AvgIpc) is 2.15. The second kappa shape index (κ2) is 6.12. The van der Waals surface area contributed by atoms with Crippen LogP contribution in [0.5, 0.6) is 5.75 Å². The van der Waals surface area contributed by atoms with E-state index in [4.69, 9.17) is 33.0 Å². The van der Waals surface area contributed by atoms with E-state index in [1.807, 2.05) is 0 Å². The molecule has 0 aliphatic heterocycles. The molecule has 0 aliphatic rings. The second-order valence-corrected chi connectivity index (χ2v) is 3.70. The van der Waals surface area contributed by atoms with Crippen molar-refractivity contribution in [1.29, 1.82) is 0 Å². The zero-order valence-electron chi connectivity index (χ0n) is 7.67. The molecule has 0 saturated carbocycles. The monoisotopic (exact) mass is 234 g/mol. The van der Waals surface area contributed by atoms with Gasteiger partial charge in [0.15, 0.2) is 0 Å². The highest BCUT2D eigenvalue weighted by Gasteiger charge is 2.01. The minimum atomic E-state index is 0.192. The molecule has 0 aromatic heterocycles. The van der Waals surface area contributed by atoms with Gasteiger partial charge in [0.1, 0.15) is 5.75 Å². The van der Waals surface area contributed by atoms with Crippen LogP contribution in [0.3, 0.4) is 0 Å². The van der Waals surface area contributed by atoms with Crippen LogP contribution in [-0.4, -0.2) is 18.3 Å². The molecule has 0 fully saturated rings. The average molecular weight is 235 g/mol. The van der Waals surface area contributed by atoms with Crippen LogP contribution in [0.25, 0.3) is 0 Å². The van der Waals surface area contributed by atoms with Crippen molar-refractivity contribution in [2.75, 3.05) is 13.2 Å². The van der Waals surface area contributed by atoms with E-state index in [-0.39, 0.29) is 6.61 Å². The fourth-order valence-electron chi connectivity index (χ4n) is 0.988.